The first kappa shape index (κ1) is 40.9. The van der Waals surface area contributed by atoms with Crippen LogP contribution in [0.25, 0.3) is 36.9 Å². The van der Waals surface area contributed by atoms with E-state index < -0.39 is 0 Å². The molecule has 13 rings (SSSR count). The molecule has 4 saturated carbocycles. The predicted octanol–water partition coefficient (Wildman–Crippen LogP) is 17.7. The number of benzene rings is 7. The van der Waals surface area contributed by atoms with Crippen LogP contribution in [0.3, 0.4) is 0 Å². The van der Waals surface area contributed by atoms with Crippen LogP contribution >= 0.6 is 11.3 Å². The molecule has 4 fully saturated rings. The fourth-order valence-corrected chi connectivity index (χ4v) is 14.2. The van der Waals surface area contributed by atoms with Gasteiger partial charge in [0.15, 0.2) is 0 Å². The molecule has 2 nitrogen and oxygen atoms in total. The Bertz CT molecular complexity index is 3230. The summed E-state index contributed by atoms with van der Waals surface area (Å²) >= 11 is 1.85. The molecule has 7 aromatic carbocycles. The van der Waals surface area contributed by atoms with Crippen molar-refractivity contribution >= 4 is 71.2 Å². The minimum absolute atomic E-state index is 0.247. The van der Waals surface area contributed by atoms with E-state index in [0.717, 1.165) is 51.6 Å². The summed E-state index contributed by atoms with van der Waals surface area (Å²) in [6.07, 6.45) is 19.1. The van der Waals surface area contributed by atoms with E-state index in [1.54, 1.807) is 5.56 Å². The Morgan fingerprint density at radius 3 is 1.67 bits per heavy atom. The number of aryl methyl sites for hydroxylation is 1. The van der Waals surface area contributed by atoms with Crippen LogP contribution in [-0.4, -0.2) is 0 Å². The lowest BCUT2D eigenvalue weighted by Gasteiger charge is -2.57. The maximum absolute atomic E-state index is 6.21. The number of hydrogen-bond donors (Lipinski definition) is 0. The van der Waals surface area contributed by atoms with Crippen LogP contribution in [-0.2, 0) is 10.8 Å². The lowest BCUT2D eigenvalue weighted by molar-refractivity contribution is -0.00518. The summed E-state index contributed by atoms with van der Waals surface area (Å²) in [5.74, 6) is 5.88. The van der Waals surface area contributed by atoms with Gasteiger partial charge in [0.25, 0.3) is 0 Å². The smallest absolute Gasteiger partial charge is 0.0468 e. The molecule has 0 saturated heterocycles. The molecule has 0 spiro atoms. The number of fused-ring (bicyclic) bond motifs is 4. The number of terminal acetylenes is 1. The van der Waals surface area contributed by atoms with E-state index in [9.17, 15) is 0 Å². The Labute approximate surface area is 395 Å². The van der Waals surface area contributed by atoms with Crippen molar-refractivity contribution in [2.24, 2.45) is 17.8 Å². The molecule has 1 heterocycles. The summed E-state index contributed by atoms with van der Waals surface area (Å²) in [5, 5.41) is 2.57. The SMILES string of the molecule is C#CC1=C(/C=C\C)c2cc(N(c3ccc(-c4ccc(N(c5ccc(C)cc5)c5ccc(C67CC8CC(CC(C8)C6)C7)cc5)cc4)cc3)c3ccc4sc5ccccc5c4c3)ccc2C1(C)C. The van der Waals surface area contributed by atoms with Gasteiger partial charge in [-0.05, 0) is 194 Å². The Hall–Kier alpha value is -6.60. The van der Waals surface area contributed by atoms with E-state index in [1.165, 1.54) is 97.9 Å². The van der Waals surface area contributed by atoms with Crippen LogP contribution in [0.1, 0.15) is 81.5 Å². The van der Waals surface area contributed by atoms with E-state index in [0.29, 0.717) is 5.41 Å². The largest absolute Gasteiger partial charge is 0.311 e. The summed E-state index contributed by atoms with van der Waals surface area (Å²) in [6, 6.07) is 59.5. The van der Waals surface area contributed by atoms with Crippen LogP contribution in [0.4, 0.5) is 34.1 Å². The van der Waals surface area contributed by atoms with E-state index in [2.05, 4.69) is 213 Å². The highest BCUT2D eigenvalue weighted by Gasteiger charge is 2.51. The van der Waals surface area contributed by atoms with Crippen molar-refractivity contribution < 1.29 is 0 Å². The second-order valence-electron chi connectivity index (χ2n) is 20.4. The molecule has 0 N–H and O–H groups in total. The number of hydrogen-bond acceptors (Lipinski definition) is 3. The minimum Gasteiger partial charge on any atom is -0.311 e. The van der Waals surface area contributed by atoms with Crippen LogP contribution < -0.4 is 9.80 Å². The van der Waals surface area contributed by atoms with E-state index in [1.807, 2.05) is 11.3 Å². The number of thiophene rings is 1. The highest BCUT2D eigenvalue weighted by molar-refractivity contribution is 7.25. The van der Waals surface area contributed by atoms with Gasteiger partial charge in [-0.3, -0.25) is 0 Å². The third kappa shape index (κ3) is 6.76. The van der Waals surface area contributed by atoms with Crippen LogP contribution in [0.5, 0.6) is 0 Å². The number of nitrogens with zero attached hydrogens (tertiary/aromatic N) is 2. The molecule has 4 bridgehead atoms. The van der Waals surface area contributed by atoms with Crippen LogP contribution in [0.2, 0.25) is 0 Å². The molecule has 66 heavy (non-hydrogen) atoms. The zero-order valence-electron chi connectivity index (χ0n) is 38.5. The van der Waals surface area contributed by atoms with Gasteiger partial charge in [-0.25, -0.2) is 0 Å². The van der Waals surface area contributed by atoms with Gasteiger partial charge in [0.05, 0.1) is 0 Å². The molecule has 0 amide bonds. The molecule has 3 heteroatoms. The van der Waals surface area contributed by atoms with Crippen molar-refractivity contribution in [1.29, 1.82) is 0 Å². The Kier molecular flexibility index (Phi) is 9.78. The first-order valence-corrected chi connectivity index (χ1v) is 24.9. The fraction of sp³-hybridized carbons (Fsp3) is 0.238. The lowest BCUT2D eigenvalue weighted by Crippen LogP contribution is -2.48. The monoisotopic (exact) mass is 872 g/mol. The average Bonchev–Trinajstić information content (AvgIpc) is 3.80. The summed E-state index contributed by atoms with van der Waals surface area (Å²) < 4.78 is 2.60. The zero-order chi connectivity index (χ0) is 44.7. The number of rotatable bonds is 9. The first-order valence-electron chi connectivity index (χ1n) is 24.1. The van der Waals surface area contributed by atoms with Crippen molar-refractivity contribution in [3.63, 3.8) is 0 Å². The highest BCUT2D eigenvalue weighted by Crippen LogP contribution is 2.61. The quantitative estimate of drug-likeness (QED) is 0.133. The summed E-state index contributed by atoms with van der Waals surface area (Å²) in [5.41, 5.74) is 16.8. The molecular weight excluding hydrogens is 817 g/mol. The standard InChI is InChI=1S/C63H56N2S/c1-6-10-54-56-36-52(29-31-59(56)62(4,5)58(54)7-2)65(53-30-32-61-57(37-53)55-11-8-9-12-60(55)66-61)50-25-17-46(18-26-50)45-15-23-49(24-16-45)64(48-21-13-41(3)14-22-48)51-27-19-47(20-28-51)63-38-42-33-43(39-63)35-44(34-42)40-63/h2,6,8-32,36-37,42-44H,33-35,38-40H2,1,3-5H3/b10-6-. The molecule has 5 aliphatic rings. The van der Waals surface area contributed by atoms with Gasteiger partial charge in [0.1, 0.15) is 0 Å². The Morgan fingerprint density at radius 2 is 1.08 bits per heavy atom. The topological polar surface area (TPSA) is 6.48 Å². The van der Waals surface area contributed by atoms with Crippen LogP contribution in [0, 0.1) is 37.0 Å². The third-order valence-corrected chi connectivity index (χ3v) is 17.0. The van der Waals surface area contributed by atoms with Crippen molar-refractivity contribution in [1.82, 2.24) is 0 Å². The first-order chi connectivity index (χ1) is 32.2. The molecule has 0 unspecified atom stereocenters. The Balaban J connectivity index is 0.892. The van der Waals surface area contributed by atoms with Gasteiger partial charge in [-0.15, -0.1) is 17.8 Å². The lowest BCUT2D eigenvalue weighted by atomic mass is 9.48. The van der Waals surface area contributed by atoms with Gasteiger partial charge in [0.2, 0.25) is 0 Å². The predicted molar refractivity (Wildman–Crippen MR) is 282 cm³/mol. The molecule has 324 valence electrons. The molecule has 0 radical (unpaired) electrons. The van der Waals surface area contributed by atoms with Crippen molar-refractivity contribution in [3.05, 3.63) is 198 Å². The molecule has 0 aliphatic heterocycles. The Morgan fingerprint density at radius 1 is 0.576 bits per heavy atom. The van der Waals surface area contributed by atoms with E-state index >= 15 is 0 Å². The minimum atomic E-state index is -0.247. The summed E-state index contributed by atoms with van der Waals surface area (Å²) in [6.45, 7) is 8.72. The summed E-state index contributed by atoms with van der Waals surface area (Å²) in [7, 11) is 0. The molecule has 0 atom stereocenters. The maximum Gasteiger partial charge on any atom is 0.0468 e. The molecule has 1 aromatic heterocycles. The average molecular weight is 873 g/mol. The number of allylic oxidation sites excluding steroid dienone is 4. The van der Waals surface area contributed by atoms with Gasteiger partial charge in [-0.2, -0.15) is 0 Å². The fourth-order valence-electron chi connectivity index (χ4n) is 13.1. The molecule has 8 aromatic rings. The van der Waals surface area contributed by atoms with Crippen molar-refractivity contribution in [2.45, 2.75) is 77.0 Å². The van der Waals surface area contributed by atoms with Crippen LogP contribution in [0.15, 0.2) is 175 Å². The van der Waals surface area contributed by atoms with E-state index in [4.69, 9.17) is 6.42 Å². The van der Waals surface area contributed by atoms with E-state index in [-0.39, 0.29) is 5.41 Å². The summed E-state index contributed by atoms with van der Waals surface area (Å²) in [4.78, 5) is 4.82. The normalized spacial score (nSPS) is 21.5. The molecular formula is C63H56N2S. The second kappa shape index (κ2) is 15.8. The zero-order valence-corrected chi connectivity index (χ0v) is 39.3. The van der Waals surface area contributed by atoms with Gasteiger partial charge in [-0.1, -0.05) is 110 Å². The highest BCUT2D eigenvalue weighted by atomic mass is 32.1. The maximum atomic E-state index is 6.21. The van der Waals surface area contributed by atoms with Gasteiger partial charge < -0.3 is 9.80 Å². The number of anilines is 6. The van der Waals surface area contributed by atoms with Crippen molar-refractivity contribution in [3.8, 4) is 23.5 Å². The third-order valence-electron chi connectivity index (χ3n) is 15.9. The van der Waals surface area contributed by atoms with Gasteiger partial charge in [0, 0.05) is 65.3 Å². The van der Waals surface area contributed by atoms with Gasteiger partial charge >= 0.3 is 0 Å². The molecule has 5 aliphatic carbocycles. The second-order valence-corrected chi connectivity index (χ2v) is 21.5. The van der Waals surface area contributed by atoms with Crippen molar-refractivity contribution in [2.75, 3.05) is 9.80 Å².